The molecule has 1 atom stereocenters. The van der Waals surface area contributed by atoms with Gasteiger partial charge in [0, 0.05) is 34.4 Å². The minimum atomic E-state index is 0.0928. The van der Waals surface area contributed by atoms with E-state index in [0.29, 0.717) is 5.88 Å². The molecule has 106 valence electrons. The maximum Gasteiger partial charge on any atom is 0.127 e. The Morgan fingerprint density at radius 1 is 1.47 bits per heavy atom. The largest absolute Gasteiger partial charge is 0.493 e. The summed E-state index contributed by atoms with van der Waals surface area (Å²) < 4.78 is 6.89. The molecular weight excluding hydrogens is 326 g/mol. The highest BCUT2D eigenvalue weighted by Gasteiger charge is 2.23. The molecule has 0 aliphatic carbocycles. The summed E-state index contributed by atoms with van der Waals surface area (Å²) in [6.07, 6.45) is 3.05. The summed E-state index contributed by atoms with van der Waals surface area (Å²) in [5.74, 6) is 1.75. The van der Waals surface area contributed by atoms with E-state index in [4.69, 9.17) is 16.3 Å². The summed E-state index contributed by atoms with van der Waals surface area (Å²) in [6.45, 7) is 6.05. The molecule has 0 saturated heterocycles. The molecule has 1 aromatic carbocycles. The van der Waals surface area contributed by atoms with Crippen LogP contribution >= 0.6 is 27.5 Å². The molecule has 4 heteroatoms. The first-order valence-electron chi connectivity index (χ1n) is 6.83. The summed E-state index contributed by atoms with van der Waals surface area (Å²) >= 11 is 9.47. The van der Waals surface area contributed by atoms with Crippen molar-refractivity contribution in [2.75, 3.05) is 12.5 Å². The van der Waals surface area contributed by atoms with Crippen LogP contribution in [-0.2, 0) is 13.0 Å². The van der Waals surface area contributed by atoms with Crippen LogP contribution in [0.3, 0.4) is 0 Å². The van der Waals surface area contributed by atoms with Gasteiger partial charge in [0.05, 0.1) is 6.61 Å². The lowest BCUT2D eigenvalue weighted by Gasteiger charge is -2.29. The zero-order valence-electron chi connectivity index (χ0n) is 11.6. The second-order valence-corrected chi connectivity index (χ2v) is 6.65. The first-order valence-corrected chi connectivity index (χ1v) is 8.16. The highest BCUT2D eigenvalue weighted by atomic mass is 79.9. The molecule has 1 heterocycles. The molecule has 0 amide bonds. The van der Waals surface area contributed by atoms with Crippen LogP contribution in [0.15, 0.2) is 16.6 Å². The van der Waals surface area contributed by atoms with E-state index in [2.05, 4.69) is 47.2 Å². The second-order valence-electron chi connectivity index (χ2n) is 5.36. The number of halogens is 2. The molecular formula is C15H21BrClNO. The van der Waals surface area contributed by atoms with Crippen molar-refractivity contribution in [3.05, 3.63) is 27.7 Å². The Hall–Kier alpha value is -0.250. The van der Waals surface area contributed by atoms with Crippen LogP contribution in [-0.4, -0.2) is 18.0 Å². The first-order chi connectivity index (χ1) is 9.08. The number of benzene rings is 1. The van der Waals surface area contributed by atoms with Crippen LogP contribution in [0.5, 0.6) is 5.75 Å². The van der Waals surface area contributed by atoms with Crippen molar-refractivity contribution in [1.29, 1.82) is 0 Å². The topological polar surface area (TPSA) is 21.3 Å². The Balaban J connectivity index is 2.11. The number of nitrogens with one attached hydrogen (secondary N) is 1. The number of hydrogen-bond donors (Lipinski definition) is 1. The van der Waals surface area contributed by atoms with Crippen LogP contribution in [0.2, 0.25) is 0 Å². The van der Waals surface area contributed by atoms with E-state index in [-0.39, 0.29) is 5.54 Å². The highest BCUT2D eigenvalue weighted by molar-refractivity contribution is 9.10. The van der Waals surface area contributed by atoms with Crippen molar-refractivity contribution < 1.29 is 4.74 Å². The molecule has 1 N–H and O–H groups in total. The lowest BCUT2D eigenvalue weighted by atomic mass is 9.95. The molecule has 1 aromatic rings. The highest BCUT2D eigenvalue weighted by Crippen LogP contribution is 2.33. The molecule has 0 bridgehead atoms. The Morgan fingerprint density at radius 3 is 2.95 bits per heavy atom. The van der Waals surface area contributed by atoms with Gasteiger partial charge < -0.3 is 10.1 Å². The van der Waals surface area contributed by atoms with Gasteiger partial charge in [0.1, 0.15) is 5.75 Å². The van der Waals surface area contributed by atoms with Crippen molar-refractivity contribution in [3.63, 3.8) is 0 Å². The third kappa shape index (κ3) is 3.65. The predicted molar refractivity (Wildman–Crippen MR) is 84.2 cm³/mol. The fourth-order valence-corrected chi connectivity index (χ4v) is 3.35. The van der Waals surface area contributed by atoms with Crippen LogP contribution in [0.4, 0.5) is 0 Å². The number of rotatable bonds is 6. The van der Waals surface area contributed by atoms with E-state index in [9.17, 15) is 0 Å². The van der Waals surface area contributed by atoms with Crippen molar-refractivity contribution >= 4 is 27.5 Å². The molecule has 2 nitrogen and oxygen atoms in total. The lowest BCUT2D eigenvalue weighted by Crippen LogP contribution is -2.41. The average Bonchev–Trinajstić information content (AvgIpc) is 2.84. The quantitative estimate of drug-likeness (QED) is 0.777. The van der Waals surface area contributed by atoms with Crippen LogP contribution in [0, 0.1) is 0 Å². The van der Waals surface area contributed by atoms with Gasteiger partial charge in [-0.3, -0.25) is 0 Å². The SMILES string of the molecule is CCC(C)(CCCl)NCc1cc(Br)cc2c1OCC2. The normalized spacial score (nSPS) is 16.8. The standard InChI is InChI=1S/C15H21BrClNO/c1-3-15(2,5-6-17)18-10-12-9-13(16)8-11-4-7-19-14(11)12/h8-9,18H,3-7,10H2,1-2H3. The molecule has 0 aromatic heterocycles. The molecule has 19 heavy (non-hydrogen) atoms. The molecule has 0 fully saturated rings. The Labute approximate surface area is 129 Å². The number of alkyl halides is 1. The summed E-state index contributed by atoms with van der Waals surface area (Å²) in [7, 11) is 0. The molecule has 0 spiro atoms. The summed E-state index contributed by atoms with van der Waals surface area (Å²) in [5, 5.41) is 3.63. The zero-order chi connectivity index (χ0) is 13.9. The number of hydrogen-bond acceptors (Lipinski definition) is 2. The summed E-state index contributed by atoms with van der Waals surface area (Å²) in [6, 6.07) is 4.30. The van der Waals surface area contributed by atoms with Gasteiger partial charge >= 0.3 is 0 Å². The third-order valence-corrected chi connectivity index (χ3v) is 4.60. The van der Waals surface area contributed by atoms with Crippen molar-refractivity contribution in [3.8, 4) is 5.75 Å². The van der Waals surface area contributed by atoms with Gasteiger partial charge in [-0.05, 0) is 37.5 Å². The second kappa shape index (κ2) is 6.47. The van der Waals surface area contributed by atoms with E-state index in [0.717, 1.165) is 42.6 Å². The van der Waals surface area contributed by atoms with E-state index >= 15 is 0 Å². The van der Waals surface area contributed by atoms with Crippen LogP contribution < -0.4 is 10.1 Å². The predicted octanol–water partition coefficient (Wildman–Crippen LogP) is 4.27. The van der Waals surface area contributed by atoms with Crippen molar-refractivity contribution in [1.82, 2.24) is 5.32 Å². The molecule has 0 radical (unpaired) electrons. The molecule has 1 unspecified atom stereocenters. The average molecular weight is 347 g/mol. The van der Waals surface area contributed by atoms with Gasteiger partial charge in [-0.25, -0.2) is 0 Å². The number of fused-ring (bicyclic) bond motifs is 1. The molecule has 1 aliphatic heterocycles. The molecule has 0 saturated carbocycles. The first kappa shape index (κ1) is 15.1. The minimum absolute atomic E-state index is 0.0928. The molecule has 2 rings (SSSR count). The Bertz CT molecular complexity index is 452. The Kier molecular flexibility index (Phi) is 5.15. The van der Waals surface area contributed by atoms with E-state index in [1.54, 1.807) is 0 Å². The molecule has 1 aliphatic rings. The van der Waals surface area contributed by atoms with Crippen LogP contribution in [0.25, 0.3) is 0 Å². The zero-order valence-corrected chi connectivity index (χ0v) is 13.9. The maximum absolute atomic E-state index is 5.89. The monoisotopic (exact) mass is 345 g/mol. The fourth-order valence-electron chi connectivity index (χ4n) is 2.38. The minimum Gasteiger partial charge on any atom is -0.493 e. The van der Waals surface area contributed by atoms with Gasteiger partial charge in [-0.2, -0.15) is 0 Å². The maximum atomic E-state index is 5.89. The number of ether oxygens (including phenoxy) is 1. The van der Waals surface area contributed by atoms with E-state index < -0.39 is 0 Å². The van der Waals surface area contributed by atoms with Crippen molar-refractivity contribution in [2.24, 2.45) is 0 Å². The smallest absolute Gasteiger partial charge is 0.127 e. The van der Waals surface area contributed by atoms with E-state index in [1.165, 1.54) is 11.1 Å². The van der Waals surface area contributed by atoms with Gasteiger partial charge in [0.2, 0.25) is 0 Å². The van der Waals surface area contributed by atoms with Gasteiger partial charge in [0.25, 0.3) is 0 Å². The summed E-state index contributed by atoms with van der Waals surface area (Å²) in [5.41, 5.74) is 2.63. The van der Waals surface area contributed by atoms with Gasteiger partial charge in [-0.15, -0.1) is 11.6 Å². The van der Waals surface area contributed by atoms with E-state index in [1.807, 2.05) is 0 Å². The third-order valence-electron chi connectivity index (χ3n) is 3.96. The van der Waals surface area contributed by atoms with Gasteiger partial charge in [0.15, 0.2) is 0 Å². The van der Waals surface area contributed by atoms with Gasteiger partial charge in [-0.1, -0.05) is 22.9 Å². The summed E-state index contributed by atoms with van der Waals surface area (Å²) in [4.78, 5) is 0. The Morgan fingerprint density at radius 2 is 2.26 bits per heavy atom. The van der Waals surface area contributed by atoms with Crippen LogP contribution in [0.1, 0.15) is 37.8 Å². The van der Waals surface area contributed by atoms with Crippen molar-refractivity contribution in [2.45, 2.75) is 45.2 Å². The lowest BCUT2D eigenvalue weighted by molar-refractivity contribution is 0.321. The fraction of sp³-hybridized carbons (Fsp3) is 0.600.